The number of nitrogens with two attached hydrogens (primary N) is 1. The number of ether oxygens (including phenoxy) is 1. The van der Waals surface area contributed by atoms with Crippen LogP contribution in [-0.2, 0) is 14.3 Å². The third kappa shape index (κ3) is 7.77. The number of benzene rings is 1. The summed E-state index contributed by atoms with van der Waals surface area (Å²) in [7, 11) is 0. The maximum Gasteiger partial charge on any atom is 0.319 e. The van der Waals surface area contributed by atoms with E-state index in [-0.39, 0.29) is 13.0 Å². The Kier molecular flexibility index (Phi) is 8.96. The zero-order valence-corrected chi connectivity index (χ0v) is 17.4. The topological polar surface area (TPSA) is 148 Å². The van der Waals surface area contributed by atoms with E-state index in [2.05, 4.69) is 26.0 Å². The smallest absolute Gasteiger partial charge is 0.319 e. The molecule has 0 bridgehead atoms. The molecule has 1 aromatic carbocycles. The highest BCUT2D eigenvalue weighted by Gasteiger charge is 2.23. The Labute approximate surface area is 180 Å². The average molecular weight is 426 g/mol. The number of hydrazone groups is 1. The molecule has 2 aromatic rings. The van der Waals surface area contributed by atoms with Gasteiger partial charge in [-0.2, -0.15) is 5.10 Å². The molecule has 5 N–H and O–H groups in total. The van der Waals surface area contributed by atoms with Crippen LogP contribution in [0.2, 0.25) is 0 Å². The van der Waals surface area contributed by atoms with E-state index < -0.39 is 30.0 Å². The van der Waals surface area contributed by atoms with E-state index in [0.717, 1.165) is 5.56 Å². The molecule has 10 nitrogen and oxygen atoms in total. The molecule has 0 aliphatic heterocycles. The van der Waals surface area contributed by atoms with Crippen molar-refractivity contribution >= 4 is 29.8 Å². The first-order valence-corrected chi connectivity index (χ1v) is 9.69. The number of hydrogen-bond acceptors (Lipinski definition) is 7. The number of rotatable bonds is 9. The number of pyridine rings is 1. The molecule has 0 spiro atoms. The van der Waals surface area contributed by atoms with Crippen LogP contribution in [0.4, 0.5) is 10.5 Å². The Morgan fingerprint density at radius 1 is 1.19 bits per heavy atom. The van der Waals surface area contributed by atoms with Crippen molar-refractivity contribution in [3.63, 3.8) is 0 Å². The minimum Gasteiger partial charge on any atom is -0.466 e. The van der Waals surface area contributed by atoms with Gasteiger partial charge in [0.05, 0.1) is 25.3 Å². The van der Waals surface area contributed by atoms with Crippen LogP contribution >= 0.6 is 0 Å². The normalized spacial score (nSPS) is 12.6. The number of nitrogens with one attached hydrogen (secondary N) is 3. The highest BCUT2D eigenvalue weighted by Crippen LogP contribution is 2.16. The molecule has 0 saturated heterocycles. The SMILES string of the molecule is CCOC(=O)CC(NC(=O)[C@H](C)NC(=O)Nc1ccc(C=NN)cc1)c1cccnc1. The standard InChI is InChI=1S/C21H26N6O4/c1-3-31-19(28)11-18(16-5-4-10-23-13-16)27-20(29)14(2)25-21(30)26-17-8-6-15(7-9-17)12-24-22/h4-10,12-14,18H,3,11,22H2,1-2H3,(H,27,29)(H2,25,26,30)/t14-,18?/m0/s1. The first kappa shape index (κ1) is 23.3. The van der Waals surface area contributed by atoms with E-state index in [1.165, 1.54) is 6.21 Å². The number of carbonyl (C=O) groups is 3. The lowest BCUT2D eigenvalue weighted by molar-refractivity contribution is -0.143. The van der Waals surface area contributed by atoms with Crippen molar-refractivity contribution in [3.05, 3.63) is 59.9 Å². The fourth-order valence-corrected chi connectivity index (χ4v) is 2.69. The second-order valence-electron chi connectivity index (χ2n) is 6.58. The van der Waals surface area contributed by atoms with E-state index in [0.29, 0.717) is 11.3 Å². The molecule has 3 amide bonds. The van der Waals surface area contributed by atoms with Crippen molar-refractivity contribution in [3.8, 4) is 0 Å². The molecule has 0 aliphatic carbocycles. The number of nitrogens with zero attached hydrogens (tertiary/aromatic N) is 2. The van der Waals surface area contributed by atoms with Crippen molar-refractivity contribution < 1.29 is 19.1 Å². The monoisotopic (exact) mass is 426 g/mol. The molecule has 164 valence electrons. The second kappa shape index (κ2) is 11.9. The predicted molar refractivity (Wildman–Crippen MR) is 116 cm³/mol. The Hall–Kier alpha value is -3.95. The molecular formula is C21H26N6O4. The lowest BCUT2D eigenvalue weighted by Gasteiger charge is -2.21. The van der Waals surface area contributed by atoms with Crippen molar-refractivity contribution in [2.75, 3.05) is 11.9 Å². The van der Waals surface area contributed by atoms with Crippen LogP contribution in [0.15, 0.2) is 53.9 Å². The van der Waals surface area contributed by atoms with Gasteiger partial charge >= 0.3 is 12.0 Å². The molecule has 0 radical (unpaired) electrons. The summed E-state index contributed by atoms with van der Waals surface area (Å²) < 4.78 is 4.99. The summed E-state index contributed by atoms with van der Waals surface area (Å²) in [6, 6.07) is 8.24. The highest BCUT2D eigenvalue weighted by molar-refractivity contribution is 5.94. The zero-order valence-electron chi connectivity index (χ0n) is 17.4. The summed E-state index contributed by atoms with van der Waals surface area (Å²) in [4.78, 5) is 40.8. The molecule has 2 rings (SSSR count). The number of amides is 3. The van der Waals surface area contributed by atoms with Crippen molar-refractivity contribution in [1.82, 2.24) is 15.6 Å². The molecule has 0 fully saturated rings. The summed E-state index contributed by atoms with van der Waals surface area (Å²) in [6.07, 6.45) is 4.58. The van der Waals surface area contributed by atoms with Gasteiger partial charge in [0.25, 0.3) is 0 Å². The third-order valence-corrected chi connectivity index (χ3v) is 4.21. The van der Waals surface area contributed by atoms with Crippen LogP contribution in [0, 0.1) is 0 Å². The number of esters is 1. The minimum atomic E-state index is -0.856. The van der Waals surface area contributed by atoms with Crippen molar-refractivity contribution in [2.24, 2.45) is 10.9 Å². The number of hydrogen-bond donors (Lipinski definition) is 4. The maximum absolute atomic E-state index is 12.6. The second-order valence-corrected chi connectivity index (χ2v) is 6.58. The van der Waals surface area contributed by atoms with E-state index in [4.69, 9.17) is 10.6 Å². The van der Waals surface area contributed by atoms with E-state index in [1.54, 1.807) is 62.6 Å². The van der Waals surface area contributed by atoms with Crippen LogP contribution in [-0.4, -0.2) is 41.8 Å². The number of urea groups is 1. The van der Waals surface area contributed by atoms with Crippen molar-refractivity contribution in [2.45, 2.75) is 32.4 Å². The van der Waals surface area contributed by atoms with Gasteiger partial charge in [-0.25, -0.2) is 4.79 Å². The lowest BCUT2D eigenvalue weighted by Crippen LogP contribution is -2.47. The predicted octanol–water partition coefficient (Wildman–Crippen LogP) is 1.69. The van der Waals surface area contributed by atoms with E-state index in [1.807, 2.05) is 0 Å². The van der Waals surface area contributed by atoms with Crippen LogP contribution in [0.3, 0.4) is 0 Å². The number of carbonyl (C=O) groups excluding carboxylic acids is 3. The van der Waals surface area contributed by atoms with Gasteiger partial charge in [-0.15, -0.1) is 0 Å². The Morgan fingerprint density at radius 2 is 1.94 bits per heavy atom. The van der Waals surface area contributed by atoms with Crippen molar-refractivity contribution in [1.29, 1.82) is 0 Å². The van der Waals surface area contributed by atoms with Crippen LogP contribution in [0.5, 0.6) is 0 Å². The van der Waals surface area contributed by atoms with Gasteiger partial charge < -0.3 is 26.5 Å². The Balaban J connectivity index is 1.96. The summed E-state index contributed by atoms with van der Waals surface area (Å²) in [5.74, 6) is 4.20. The summed E-state index contributed by atoms with van der Waals surface area (Å²) in [5, 5.41) is 11.4. The van der Waals surface area contributed by atoms with Gasteiger partial charge in [-0.05, 0) is 43.2 Å². The molecule has 10 heteroatoms. The average Bonchev–Trinajstić information content (AvgIpc) is 2.75. The molecule has 0 saturated carbocycles. The third-order valence-electron chi connectivity index (χ3n) is 4.21. The molecule has 0 aliphatic rings. The molecule has 31 heavy (non-hydrogen) atoms. The summed E-state index contributed by atoms with van der Waals surface area (Å²) >= 11 is 0. The van der Waals surface area contributed by atoms with Gasteiger partial charge in [-0.3, -0.25) is 14.6 Å². The van der Waals surface area contributed by atoms with Gasteiger partial charge in [0.2, 0.25) is 5.91 Å². The number of anilines is 1. The van der Waals surface area contributed by atoms with Crippen LogP contribution < -0.4 is 21.8 Å². The molecule has 1 aromatic heterocycles. The lowest BCUT2D eigenvalue weighted by atomic mass is 10.1. The molecule has 1 unspecified atom stereocenters. The first-order chi connectivity index (χ1) is 14.9. The van der Waals surface area contributed by atoms with Gasteiger partial charge in [-0.1, -0.05) is 18.2 Å². The summed E-state index contributed by atoms with van der Waals surface area (Å²) in [6.45, 7) is 3.49. The zero-order chi connectivity index (χ0) is 22.6. The molecule has 1 heterocycles. The van der Waals surface area contributed by atoms with Gasteiger partial charge in [0, 0.05) is 18.1 Å². The Bertz CT molecular complexity index is 902. The quantitative estimate of drug-likeness (QED) is 0.208. The fourth-order valence-electron chi connectivity index (χ4n) is 2.69. The number of aromatic nitrogens is 1. The van der Waals surface area contributed by atoms with Gasteiger partial charge in [0.15, 0.2) is 0 Å². The fraction of sp³-hybridized carbons (Fsp3) is 0.286. The van der Waals surface area contributed by atoms with E-state index >= 15 is 0 Å². The highest BCUT2D eigenvalue weighted by atomic mass is 16.5. The molecule has 2 atom stereocenters. The minimum absolute atomic E-state index is 0.0529. The van der Waals surface area contributed by atoms with Gasteiger partial charge in [0.1, 0.15) is 6.04 Å². The van der Waals surface area contributed by atoms with Crippen LogP contribution in [0.1, 0.15) is 37.4 Å². The first-order valence-electron chi connectivity index (χ1n) is 9.69. The largest absolute Gasteiger partial charge is 0.466 e. The van der Waals surface area contributed by atoms with E-state index in [9.17, 15) is 14.4 Å². The summed E-state index contributed by atoms with van der Waals surface area (Å²) in [5.41, 5.74) is 1.97. The molecular weight excluding hydrogens is 400 g/mol. The van der Waals surface area contributed by atoms with Crippen LogP contribution in [0.25, 0.3) is 0 Å². The Morgan fingerprint density at radius 3 is 2.55 bits per heavy atom. The maximum atomic E-state index is 12.6.